The van der Waals surface area contributed by atoms with Gasteiger partial charge >= 0.3 is 0 Å². The molecule has 0 spiro atoms. The van der Waals surface area contributed by atoms with Gasteiger partial charge in [0, 0.05) is 44.7 Å². The topological polar surface area (TPSA) is 21.3 Å². The summed E-state index contributed by atoms with van der Waals surface area (Å²) in [6, 6.07) is 102. The lowest BCUT2D eigenvalue weighted by atomic mass is 9.98. The number of aromatic nitrogens is 1. The van der Waals surface area contributed by atoms with E-state index in [1.807, 2.05) is 0 Å². The average molecular weight is 935 g/mol. The van der Waals surface area contributed by atoms with Gasteiger partial charge in [0.05, 0.1) is 22.1 Å². The predicted octanol–water partition coefficient (Wildman–Crippen LogP) is 15.5. The van der Waals surface area contributed by atoms with Crippen molar-refractivity contribution in [2.45, 2.75) is 0 Å². The van der Waals surface area contributed by atoms with E-state index >= 15 is 0 Å². The summed E-state index contributed by atoms with van der Waals surface area (Å²) in [7, 11) is -2.81. The molecule has 0 atom stereocenters. The molecule has 4 heteroatoms. The molecule has 0 aliphatic carbocycles. The number of rotatable bonds is 9. The summed E-state index contributed by atoms with van der Waals surface area (Å²) in [5.41, 5.74) is 10.6. The molecule has 0 amide bonds. The van der Waals surface area contributed by atoms with Crippen LogP contribution < -0.4 is 25.6 Å². The SMILES string of the molecule is c1ccc(-n2c3ccccc3c3c(N(c4ccc(-c5cccc6ccccc56)cc4)c4ccc([Si](c5ccccc5)(c5ccccc5)c5ccccc5)cc4)cc4oc5c6ccccc6ccc5c4c32)cc1. The minimum atomic E-state index is -2.81. The van der Waals surface area contributed by atoms with Gasteiger partial charge in [0.25, 0.3) is 0 Å². The van der Waals surface area contributed by atoms with Crippen LogP contribution in [0.5, 0.6) is 0 Å². The number of furan rings is 1. The Bertz CT molecular complexity index is 4200. The Balaban J connectivity index is 1.07. The number of nitrogens with zero attached hydrogens (tertiary/aromatic N) is 2. The lowest BCUT2D eigenvalue weighted by Crippen LogP contribution is -2.74. The summed E-state index contributed by atoms with van der Waals surface area (Å²) in [5, 5.41) is 14.6. The van der Waals surface area contributed by atoms with Crippen LogP contribution in [-0.2, 0) is 0 Å². The second-order valence-electron chi connectivity index (χ2n) is 18.7. The molecule has 14 rings (SSSR count). The maximum absolute atomic E-state index is 7.22. The Morgan fingerprint density at radius 2 is 0.861 bits per heavy atom. The molecule has 0 saturated carbocycles. The van der Waals surface area contributed by atoms with Gasteiger partial charge in [-0.15, -0.1) is 0 Å². The smallest absolute Gasteiger partial charge is 0.179 e. The van der Waals surface area contributed by atoms with E-state index in [1.54, 1.807) is 0 Å². The van der Waals surface area contributed by atoms with Gasteiger partial charge in [0.2, 0.25) is 0 Å². The third-order valence-electron chi connectivity index (χ3n) is 14.9. The van der Waals surface area contributed by atoms with Crippen molar-refractivity contribution in [1.29, 1.82) is 0 Å². The van der Waals surface area contributed by atoms with Crippen molar-refractivity contribution in [3.63, 3.8) is 0 Å². The molecule has 0 unspecified atom stereocenters. The van der Waals surface area contributed by atoms with Gasteiger partial charge in [-0.1, -0.05) is 224 Å². The molecule has 0 N–H and O–H groups in total. The molecule has 3 nitrogen and oxygen atoms in total. The number of para-hydroxylation sites is 2. The summed E-state index contributed by atoms with van der Waals surface area (Å²) in [6.07, 6.45) is 0. The fourth-order valence-corrected chi connectivity index (χ4v) is 16.5. The number of hydrogen-bond acceptors (Lipinski definition) is 2. The lowest BCUT2D eigenvalue weighted by Gasteiger charge is -2.35. The molecule has 72 heavy (non-hydrogen) atoms. The first-order chi connectivity index (χ1) is 35.7. The van der Waals surface area contributed by atoms with Gasteiger partial charge in [-0.25, -0.2) is 0 Å². The van der Waals surface area contributed by atoms with Crippen molar-refractivity contribution in [3.8, 4) is 16.8 Å². The van der Waals surface area contributed by atoms with Crippen molar-refractivity contribution in [3.05, 3.63) is 279 Å². The summed E-state index contributed by atoms with van der Waals surface area (Å²) in [6.45, 7) is 0. The van der Waals surface area contributed by atoms with E-state index in [1.165, 1.54) is 48.0 Å². The molecular formula is C68H46N2OSi. The van der Waals surface area contributed by atoms with Crippen molar-refractivity contribution in [2.24, 2.45) is 0 Å². The number of hydrogen-bond donors (Lipinski definition) is 0. The van der Waals surface area contributed by atoms with Crippen molar-refractivity contribution in [1.82, 2.24) is 4.57 Å². The second kappa shape index (κ2) is 17.0. The molecule has 0 saturated heterocycles. The maximum atomic E-state index is 7.22. The van der Waals surface area contributed by atoms with Gasteiger partial charge in [-0.05, 0) is 96.6 Å². The van der Waals surface area contributed by atoms with Crippen LogP contribution in [0.3, 0.4) is 0 Å². The van der Waals surface area contributed by atoms with Crippen LogP contribution >= 0.6 is 0 Å². The molecular weight excluding hydrogens is 889 g/mol. The molecule has 0 bridgehead atoms. The fourth-order valence-electron chi connectivity index (χ4n) is 11.8. The van der Waals surface area contributed by atoms with Crippen LogP contribution in [-0.4, -0.2) is 12.6 Å². The zero-order chi connectivity index (χ0) is 47.6. The highest BCUT2D eigenvalue weighted by Crippen LogP contribution is 2.50. The van der Waals surface area contributed by atoms with Gasteiger partial charge in [-0.3, -0.25) is 0 Å². The van der Waals surface area contributed by atoms with Crippen LogP contribution in [0, 0.1) is 0 Å². The third kappa shape index (κ3) is 6.50. The number of anilines is 3. The molecule has 0 aliphatic heterocycles. The van der Waals surface area contributed by atoms with E-state index in [4.69, 9.17) is 4.42 Å². The molecule has 2 heterocycles. The molecule has 2 aromatic heterocycles. The minimum Gasteiger partial charge on any atom is -0.455 e. The van der Waals surface area contributed by atoms with Crippen LogP contribution in [0.15, 0.2) is 283 Å². The summed E-state index contributed by atoms with van der Waals surface area (Å²) in [5.74, 6) is 0. The molecule has 0 aliphatic rings. The Morgan fingerprint density at radius 3 is 1.50 bits per heavy atom. The third-order valence-corrected chi connectivity index (χ3v) is 19.7. The van der Waals surface area contributed by atoms with Crippen LogP contribution in [0.1, 0.15) is 0 Å². The van der Waals surface area contributed by atoms with Crippen molar-refractivity contribution >= 4 is 111 Å². The first-order valence-corrected chi connectivity index (χ1v) is 26.7. The Hall–Kier alpha value is -9.22. The number of fused-ring (bicyclic) bond motifs is 10. The minimum absolute atomic E-state index is 0.835. The normalized spacial score (nSPS) is 11.9. The first kappa shape index (κ1) is 41.7. The fraction of sp³-hybridized carbons (Fsp3) is 0. The largest absolute Gasteiger partial charge is 0.455 e. The van der Waals surface area contributed by atoms with Gasteiger partial charge in [0.1, 0.15) is 11.2 Å². The van der Waals surface area contributed by atoms with Crippen LogP contribution in [0.25, 0.3) is 82.1 Å². The average Bonchev–Trinajstić information content (AvgIpc) is 4.01. The zero-order valence-corrected chi connectivity index (χ0v) is 40.4. The molecule has 338 valence electrons. The quantitative estimate of drug-likeness (QED) is 0.106. The van der Waals surface area contributed by atoms with Crippen LogP contribution in [0.2, 0.25) is 0 Å². The highest BCUT2D eigenvalue weighted by molar-refractivity contribution is 7.19. The van der Waals surface area contributed by atoms with Crippen LogP contribution in [0.4, 0.5) is 17.1 Å². The summed E-state index contributed by atoms with van der Waals surface area (Å²) < 4.78 is 9.67. The van der Waals surface area contributed by atoms with E-state index in [0.717, 1.165) is 71.9 Å². The monoisotopic (exact) mass is 934 g/mol. The van der Waals surface area contributed by atoms with Gasteiger partial charge in [-0.2, -0.15) is 0 Å². The molecule has 12 aromatic carbocycles. The van der Waals surface area contributed by atoms with Gasteiger partial charge < -0.3 is 13.9 Å². The van der Waals surface area contributed by atoms with E-state index in [2.05, 4.69) is 289 Å². The standard InChI is InChI=1S/C68H46N2OSi/c1-5-23-50(24-6-1)70-62-35-18-17-33-60(62)65-63(46-64-66(67(65)70)61-45-38-48-21-14-16-32-59(48)68(61)71-64)69(51-39-36-49(37-40-51)58-34-19-22-47-20-13-15-31-57(47)58)52-41-43-56(44-42-52)72(53-25-7-2-8-26-53,54-27-9-3-10-28-54)55-29-11-4-12-30-55/h1-46H. The van der Waals surface area contributed by atoms with E-state index < -0.39 is 8.07 Å². The predicted molar refractivity (Wildman–Crippen MR) is 307 cm³/mol. The van der Waals surface area contributed by atoms with Crippen molar-refractivity contribution < 1.29 is 4.42 Å². The lowest BCUT2D eigenvalue weighted by molar-refractivity contribution is 0.673. The summed E-state index contributed by atoms with van der Waals surface area (Å²) >= 11 is 0. The van der Waals surface area contributed by atoms with E-state index in [0.29, 0.717) is 0 Å². The molecule has 14 aromatic rings. The first-order valence-electron chi connectivity index (χ1n) is 24.7. The van der Waals surface area contributed by atoms with E-state index in [9.17, 15) is 0 Å². The zero-order valence-electron chi connectivity index (χ0n) is 39.4. The highest BCUT2D eigenvalue weighted by atomic mass is 28.3. The number of benzene rings is 12. The Morgan fingerprint density at radius 1 is 0.361 bits per heavy atom. The second-order valence-corrected chi connectivity index (χ2v) is 22.6. The molecule has 0 fully saturated rings. The maximum Gasteiger partial charge on any atom is 0.179 e. The molecule has 0 radical (unpaired) electrons. The summed E-state index contributed by atoms with van der Waals surface area (Å²) in [4.78, 5) is 2.46. The highest BCUT2D eigenvalue weighted by Gasteiger charge is 2.41. The Kier molecular flexibility index (Phi) is 9.87. The van der Waals surface area contributed by atoms with E-state index in [-0.39, 0.29) is 0 Å². The Labute approximate surface area is 418 Å². The van der Waals surface area contributed by atoms with Gasteiger partial charge in [0.15, 0.2) is 8.07 Å². The van der Waals surface area contributed by atoms with Crippen molar-refractivity contribution in [2.75, 3.05) is 4.90 Å².